The molecule has 4 aliphatic rings. The van der Waals surface area contributed by atoms with Crippen molar-refractivity contribution in [2.24, 2.45) is 0 Å². The number of piperidine rings is 1. The van der Waals surface area contributed by atoms with Crippen molar-refractivity contribution < 1.29 is 25.3 Å². The van der Waals surface area contributed by atoms with Crippen LogP contribution in [0.25, 0.3) is 10.9 Å². The average Bonchev–Trinajstić information content (AvgIpc) is 3.58. The Balaban J connectivity index is 0.000000342. The van der Waals surface area contributed by atoms with Gasteiger partial charge in [0.2, 0.25) is 17.8 Å². The quantitative estimate of drug-likeness (QED) is 0.453. The Labute approximate surface area is 239 Å². The van der Waals surface area contributed by atoms with Crippen LogP contribution in [-0.4, -0.2) is 78.1 Å². The summed E-state index contributed by atoms with van der Waals surface area (Å²) in [7, 11) is 0. The minimum absolute atomic E-state index is 0. The van der Waals surface area contributed by atoms with Gasteiger partial charge in [-0.15, -0.1) is 0 Å². The molecular formula is C30H36N6O5. The van der Waals surface area contributed by atoms with Crippen LogP contribution in [0.5, 0.6) is 5.75 Å². The van der Waals surface area contributed by atoms with Gasteiger partial charge in [0.15, 0.2) is 0 Å². The number of hydrogen-bond acceptors (Lipinski definition) is 9. The second kappa shape index (κ2) is 12.2. The maximum atomic E-state index is 11.7. The fourth-order valence-corrected chi connectivity index (χ4v) is 5.55. The number of nitrogens with zero attached hydrogens (tertiary/aromatic N) is 4. The van der Waals surface area contributed by atoms with Crippen molar-refractivity contribution in [3.8, 4) is 5.75 Å². The lowest BCUT2D eigenvalue weighted by Gasteiger charge is -2.26. The molecule has 1 unspecified atom stereocenters. The van der Waals surface area contributed by atoms with Crippen LogP contribution in [0.4, 0.5) is 5.95 Å². The van der Waals surface area contributed by atoms with Crippen molar-refractivity contribution in [3.63, 3.8) is 0 Å². The predicted molar refractivity (Wildman–Crippen MR) is 154 cm³/mol. The molecule has 3 saturated heterocycles. The molecule has 11 nitrogen and oxygen atoms in total. The van der Waals surface area contributed by atoms with Crippen LogP contribution in [0.1, 0.15) is 48.6 Å². The van der Waals surface area contributed by atoms with E-state index in [-0.39, 0.29) is 25.3 Å². The van der Waals surface area contributed by atoms with Gasteiger partial charge in [0, 0.05) is 70.7 Å². The van der Waals surface area contributed by atoms with Crippen molar-refractivity contribution in [2.75, 3.05) is 44.3 Å². The summed E-state index contributed by atoms with van der Waals surface area (Å²) in [6.45, 7) is 6.48. The number of hydrogen-bond donors (Lipinski definition) is 2. The van der Waals surface area contributed by atoms with Gasteiger partial charge in [0.25, 0.3) is 5.91 Å². The number of ether oxygens (including phenoxy) is 2. The number of rotatable bonds is 5. The van der Waals surface area contributed by atoms with Crippen LogP contribution in [0.15, 0.2) is 42.6 Å². The number of morpholine rings is 1. The molecule has 1 atom stereocenters. The van der Waals surface area contributed by atoms with Crippen LogP contribution in [0.3, 0.4) is 0 Å². The SMILES string of the molecule is O=C1CCCC(=O)N1.O=C1NCc2cc(OC3CCN(Cc4ccc5nc(N6CCOCC6)ncc5c4)C3)ccc21.[HH]. The minimum atomic E-state index is -0.138. The van der Waals surface area contributed by atoms with Crippen LogP contribution < -0.4 is 20.3 Å². The van der Waals surface area contributed by atoms with Gasteiger partial charge in [0.05, 0.1) is 18.7 Å². The second-order valence-electron chi connectivity index (χ2n) is 10.8. The molecule has 5 heterocycles. The summed E-state index contributed by atoms with van der Waals surface area (Å²) in [5.74, 6) is 1.35. The molecule has 0 radical (unpaired) electrons. The van der Waals surface area contributed by atoms with E-state index in [2.05, 4.69) is 43.6 Å². The van der Waals surface area contributed by atoms with E-state index in [9.17, 15) is 14.4 Å². The van der Waals surface area contributed by atoms with Gasteiger partial charge >= 0.3 is 0 Å². The van der Waals surface area contributed by atoms with E-state index in [4.69, 9.17) is 14.5 Å². The van der Waals surface area contributed by atoms with Gasteiger partial charge in [-0.05, 0) is 54.3 Å². The summed E-state index contributed by atoms with van der Waals surface area (Å²) in [5, 5.41) is 6.12. The maximum Gasteiger partial charge on any atom is 0.251 e. The molecular weight excluding hydrogens is 524 g/mol. The first-order chi connectivity index (χ1) is 20.0. The molecule has 0 saturated carbocycles. The molecule has 0 bridgehead atoms. The van der Waals surface area contributed by atoms with E-state index in [1.807, 2.05) is 24.4 Å². The highest BCUT2D eigenvalue weighted by Crippen LogP contribution is 2.25. The van der Waals surface area contributed by atoms with Gasteiger partial charge in [0.1, 0.15) is 11.9 Å². The van der Waals surface area contributed by atoms with E-state index in [1.54, 1.807) is 0 Å². The lowest BCUT2D eigenvalue weighted by Crippen LogP contribution is -2.37. The number of carbonyl (C=O) groups is 3. The number of amides is 3. The van der Waals surface area contributed by atoms with Crippen LogP contribution in [0.2, 0.25) is 0 Å². The summed E-state index contributed by atoms with van der Waals surface area (Å²) >= 11 is 0. The fraction of sp³-hybridized carbons (Fsp3) is 0.433. The lowest BCUT2D eigenvalue weighted by atomic mass is 10.1. The smallest absolute Gasteiger partial charge is 0.251 e. The summed E-state index contributed by atoms with van der Waals surface area (Å²) in [5.41, 5.74) is 4.01. The number of imide groups is 1. The Kier molecular flexibility index (Phi) is 8.06. The molecule has 0 spiro atoms. The molecule has 0 aliphatic carbocycles. The molecule has 3 amide bonds. The third kappa shape index (κ3) is 6.63. The molecule has 2 N–H and O–H groups in total. The Morgan fingerprint density at radius 2 is 1.85 bits per heavy atom. The second-order valence-corrected chi connectivity index (χ2v) is 10.8. The van der Waals surface area contributed by atoms with Crippen LogP contribution >= 0.6 is 0 Å². The third-order valence-electron chi connectivity index (χ3n) is 7.71. The summed E-state index contributed by atoms with van der Waals surface area (Å²) < 4.78 is 11.7. The Bertz CT molecular complexity index is 1450. The first-order valence-electron chi connectivity index (χ1n) is 14.2. The van der Waals surface area contributed by atoms with E-state index < -0.39 is 0 Å². The van der Waals surface area contributed by atoms with Crippen molar-refractivity contribution in [3.05, 3.63) is 59.3 Å². The molecule has 2 aromatic carbocycles. The number of carbonyl (C=O) groups excluding carboxylic acids is 3. The molecule has 4 aliphatic heterocycles. The highest BCUT2D eigenvalue weighted by molar-refractivity contribution is 5.98. The Morgan fingerprint density at radius 3 is 2.63 bits per heavy atom. The Hall–Kier alpha value is -4.09. The highest BCUT2D eigenvalue weighted by atomic mass is 16.5. The molecule has 3 fully saturated rings. The van der Waals surface area contributed by atoms with E-state index in [0.717, 1.165) is 86.1 Å². The van der Waals surface area contributed by atoms with E-state index in [0.29, 0.717) is 25.8 Å². The number of benzene rings is 2. The summed E-state index contributed by atoms with van der Waals surface area (Å²) in [4.78, 5) is 46.4. The monoisotopic (exact) mass is 560 g/mol. The largest absolute Gasteiger partial charge is 0.489 e. The summed E-state index contributed by atoms with van der Waals surface area (Å²) in [6, 6.07) is 12.2. The normalized spacial score (nSPS) is 20.7. The first kappa shape index (κ1) is 27.1. The minimum Gasteiger partial charge on any atom is -0.489 e. The zero-order valence-electron chi connectivity index (χ0n) is 22.9. The van der Waals surface area contributed by atoms with Crippen molar-refractivity contribution >= 4 is 34.6 Å². The number of likely N-dealkylation sites (tertiary alicyclic amines) is 1. The number of nitrogens with one attached hydrogen (secondary N) is 2. The highest BCUT2D eigenvalue weighted by Gasteiger charge is 2.25. The van der Waals surface area contributed by atoms with Crippen molar-refractivity contribution in [2.45, 2.75) is 44.9 Å². The molecule has 7 rings (SSSR count). The number of anilines is 1. The van der Waals surface area contributed by atoms with Gasteiger partial charge in [-0.25, -0.2) is 9.97 Å². The fourth-order valence-electron chi connectivity index (χ4n) is 5.55. The van der Waals surface area contributed by atoms with Crippen molar-refractivity contribution in [1.29, 1.82) is 0 Å². The summed E-state index contributed by atoms with van der Waals surface area (Å²) in [6.07, 6.45) is 4.81. The van der Waals surface area contributed by atoms with E-state index in [1.165, 1.54) is 5.56 Å². The van der Waals surface area contributed by atoms with Crippen LogP contribution in [0, 0.1) is 0 Å². The predicted octanol–water partition coefficient (Wildman–Crippen LogP) is 2.42. The lowest BCUT2D eigenvalue weighted by molar-refractivity contribution is -0.132. The zero-order valence-corrected chi connectivity index (χ0v) is 22.9. The van der Waals surface area contributed by atoms with Gasteiger partial charge in [-0.3, -0.25) is 24.6 Å². The third-order valence-corrected chi connectivity index (χ3v) is 7.71. The van der Waals surface area contributed by atoms with Gasteiger partial charge < -0.3 is 19.7 Å². The topological polar surface area (TPSA) is 126 Å². The van der Waals surface area contributed by atoms with Gasteiger partial charge in [-0.2, -0.15) is 0 Å². The molecule has 3 aromatic rings. The standard InChI is InChI=1S/C25H27N5O3.C5H7NO2.H2/c31-24-22-3-2-20(12-18(22)13-26-24)33-21-5-6-29(16-21)15-17-1-4-23-19(11-17)14-27-25(28-23)30-7-9-32-10-8-30;7-4-2-1-3-5(8)6-4;/h1-4,11-12,14,21H,5-10,13,15-16H2,(H,26,31);1-3H2,(H,6,7,8);1H. The van der Waals surface area contributed by atoms with Crippen LogP contribution in [-0.2, 0) is 27.4 Å². The zero-order chi connectivity index (χ0) is 28.2. The maximum absolute atomic E-state index is 11.7. The van der Waals surface area contributed by atoms with Gasteiger partial charge in [-0.1, -0.05) is 6.07 Å². The number of aromatic nitrogens is 2. The van der Waals surface area contributed by atoms with E-state index >= 15 is 0 Å². The molecule has 1 aromatic heterocycles. The van der Waals surface area contributed by atoms with Crippen molar-refractivity contribution in [1.82, 2.24) is 25.5 Å². The molecule has 216 valence electrons. The Morgan fingerprint density at radius 1 is 1.02 bits per heavy atom. The average molecular weight is 561 g/mol. The molecule has 41 heavy (non-hydrogen) atoms. The first-order valence-corrected chi connectivity index (χ1v) is 14.2. The number of fused-ring (bicyclic) bond motifs is 2. The molecule has 11 heteroatoms.